The third-order valence-corrected chi connectivity index (χ3v) is 3.55. The van der Waals surface area contributed by atoms with Crippen LogP contribution in [0.3, 0.4) is 0 Å². The summed E-state index contributed by atoms with van der Waals surface area (Å²) in [5.74, 6) is -0.459. The number of halogens is 1. The minimum absolute atomic E-state index is 0.415. The van der Waals surface area contributed by atoms with E-state index >= 15 is 0 Å². The van der Waals surface area contributed by atoms with E-state index in [9.17, 15) is 4.79 Å². The highest BCUT2D eigenvalue weighted by Gasteiger charge is 2.18. The maximum absolute atomic E-state index is 11.0. The van der Waals surface area contributed by atoms with Crippen LogP contribution in [0.5, 0.6) is 0 Å². The van der Waals surface area contributed by atoms with Gasteiger partial charge in [0.15, 0.2) is 0 Å². The summed E-state index contributed by atoms with van der Waals surface area (Å²) in [5, 5.41) is 7.36. The van der Waals surface area contributed by atoms with E-state index in [4.69, 9.17) is 17.3 Å². The molecule has 0 spiro atoms. The first kappa shape index (κ1) is 13.2. The van der Waals surface area contributed by atoms with Gasteiger partial charge < -0.3 is 16.4 Å². The van der Waals surface area contributed by atoms with E-state index in [0.717, 1.165) is 25.1 Å². The summed E-state index contributed by atoms with van der Waals surface area (Å²) in [6.07, 6.45) is 2.13. The number of amides is 1. The molecule has 1 aromatic rings. The van der Waals surface area contributed by atoms with Crippen LogP contribution in [0.2, 0.25) is 5.02 Å². The quantitative estimate of drug-likeness (QED) is 0.785. The van der Waals surface area contributed by atoms with Gasteiger partial charge in [-0.3, -0.25) is 4.79 Å². The average molecular weight is 268 g/mol. The van der Waals surface area contributed by atoms with Crippen LogP contribution >= 0.6 is 11.6 Å². The van der Waals surface area contributed by atoms with E-state index in [-0.39, 0.29) is 0 Å². The molecule has 18 heavy (non-hydrogen) atoms. The second-order valence-electron chi connectivity index (χ2n) is 4.78. The van der Waals surface area contributed by atoms with Crippen LogP contribution < -0.4 is 16.4 Å². The number of benzene rings is 1. The molecule has 4 N–H and O–H groups in total. The van der Waals surface area contributed by atoms with Crippen LogP contribution in [-0.2, 0) is 0 Å². The van der Waals surface area contributed by atoms with E-state index in [0.29, 0.717) is 22.7 Å². The fourth-order valence-electron chi connectivity index (χ4n) is 2.27. The standard InChI is InChI=1S/C13H18ClN3O/c1-8-6-10(4-5-16-8)17-12-3-2-9(13(15)18)7-11(12)14/h2-3,7-8,10,16-17H,4-6H2,1H3,(H2,15,18). The summed E-state index contributed by atoms with van der Waals surface area (Å²) in [6, 6.07) is 6.05. The number of anilines is 1. The van der Waals surface area contributed by atoms with Crippen molar-refractivity contribution in [2.75, 3.05) is 11.9 Å². The van der Waals surface area contributed by atoms with E-state index in [1.807, 2.05) is 6.07 Å². The molecule has 0 aliphatic carbocycles. The SMILES string of the molecule is CC1CC(Nc2ccc(C(N)=O)cc2Cl)CCN1. The smallest absolute Gasteiger partial charge is 0.248 e. The zero-order valence-corrected chi connectivity index (χ0v) is 11.1. The van der Waals surface area contributed by atoms with Crippen molar-refractivity contribution in [3.63, 3.8) is 0 Å². The Kier molecular flexibility index (Phi) is 4.09. The predicted molar refractivity (Wildman–Crippen MR) is 74.1 cm³/mol. The van der Waals surface area contributed by atoms with Gasteiger partial charge in [0, 0.05) is 17.6 Å². The number of carbonyl (C=O) groups is 1. The summed E-state index contributed by atoms with van der Waals surface area (Å²) < 4.78 is 0. The highest BCUT2D eigenvalue weighted by molar-refractivity contribution is 6.33. The molecule has 1 aliphatic heterocycles. The van der Waals surface area contributed by atoms with Gasteiger partial charge in [0.1, 0.15) is 0 Å². The van der Waals surface area contributed by atoms with Gasteiger partial charge in [-0.2, -0.15) is 0 Å². The fourth-order valence-corrected chi connectivity index (χ4v) is 2.50. The third-order valence-electron chi connectivity index (χ3n) is 3.24. The minimum atomic E-state index is -0.459. The highest BCUT2D eigenvalue weighted by atomic mass is 35.5. The number of rotatable bonds is 3. The van der Waals surface area contributed by atoms with Crippen LogP contribution in [0.4, 0.5) is 5.69 Å². The molecule has 4 nitrogen and oxygen atoms in total. The van der Waals surface area contributed by atoms with E-state index in [1.54, 1.807) is 12.1 Å². The van der Waals surface area contributed by atoms with Gasteiger partial charge >= 0.3 is 0 Å². The van der Waals surface area contributed by atoms with E-state index < -0.39 is 5.91 Å². The molecule has 0 saturated carbocycles. The summed E-state index contributed by atoms with van der Waals surface area (Å²) >= 11 is 6.14. The van der Waals surface area contributed by atoms with Crippen molar-refractivity contribution in [1.29, 1.82) is 0 Å². The Morgan fingerprint density at radius 2 is 2.33 bits per heavy atom. The molecule has 5 heteroatoms. The number of nitrogens with one attached hydrogen (secondary N) is 2. The largest absolute Gasteiger partial charge is 0.381 e. The van der Waals surface area contributed by atoms with Gasteiger partial charge in [-0.05, 0) is 44.5 Å². The molecule has 1 aliphatic rings. The van der Waals surface area contributed by atoms with Gasteiger partial charge in [-0.15, -0.1) is 0 Å². The lowest BCUT2D eigenvalue weighted by atomic mass is 10.0. The summed E-state index contributed by atoms with van der Waals surface area (Å²) in [6.45, 7) is 3.18. The van der Waals surface area contributed by atoms with Crippen LogP contribution in [0.25, 0.3) is 0 Å². The molecule has 1 heterocycles. The van der Waals surface area contributed by atoms with E-state index in [2.05, 4.69) is 17.6 Å². The molecule has 2 unspecified atom stereocenters. The average Bonchev–Trinajstić information content (AvgIpc) is 2.31. The lowest BCUT2D eigenvalue weighted by Crippen LogP contribution is -2.41. The predicted octanol–water partition coefficient (Wildman–Crippen LogP) is 1.99. The zero-order chi connectivity index (χ0) is 13.1. The number of primary amides is 1. The molecular weight excluding hydrogens is 250 g/mol. The first-order chi connectivity index (χ1) is 8.56. The number of hydrogen-bond donors (Lipinski definition) is 3. The summed E-state index contributed by atoms with van der Waals surface area (Å²) in [5.41, 5.74) is 6.51. The van der Waals surface area contributed by atoms with Crippen LogP contribution in [0.1, 0.15) is 30.1 Å². The first-order valence-corrected chi connectivity index (χ1v) is 6.53. The van der Waals surface area contributed by atoms with Crippen molar-refractivity contribution in [3.05, 3.63) is 28.8 Å². The maximum Gasteiger partial charge on any atom is 0.248 e. The molecule has 1 fully saturated rings. The topological polar surface area (TPSA) is 67.1 Å². The van der Waals surface area contributed by atoms with Crippen LogP contribution in [0, 0.1) is 0 Å². The zero-order valence-electron chi connectivity index (χ0n) is 10.4. The first-order valence-electron chi connectivity index (χ1n) is 6.15. The Morgan fingerprint density at radius 1 is 1.56 bits per heavy atom. The number of carbonyl (C=O) groups excluding carboxylic acids is 1. The number of nitrogens with two attached hydrogens (primary N) is 1. The summed E-state index contributed by atoms with van der Waals surface area (Å²) in [4.78, 5) is 11.0. The Hall–Kier alpha value is -1.26. The second kappa shape index (κ2) is 5.59. The van der Waals surface area contributed by atoms with Crippen LogP contribution in [0.15, 0.2) is 18.2 Å². The molecule has 0 bridgehead atoms. The molecule has 2 atom stereocenters. The Bertz CT molecular complexity index is 450. The lowest BCUT2D eigenvalue weighted by molar-refractivity contribution is 0.100. The number of piperidine rings is 1. The molecule has 1 saturated heterocycles. The lowest BCUT2D eigenvalue weighted by Gasteiger charge is -2.29. The van der Waals surface area contributed by atoms with Crippen molar-refractivity contribution in [1.82, 2.24) is 5.32 Å². The molecule has 0 radical (unpaired) electrons. The Labute approximate surface area is 112 Å². The molecule has 1 aromatic carbocycles. The molecule has 0 aromatic heterocycles. The molecular formula is C13H18ClN3O. The van der Waals surface area contributed by atoms with Gasteiger partial charge in [0.05, 0.1) is 10.7 Å². The second-order valence-corrected chi connectivity index (χ2v) is 5.19. The van der Waals surface area contributed by atoms with Gasteiger partial charge in [0.25, 0.3) is 0 Å². The Balaban J connectivity index is 2.07. The normalized spacial score (nSPS) is 23.7. The van der Waals surface area contributed by atoms with Crippen LogP contribution in [-0.4, -0.2) is 24.5 Å². The van der Waals surface area contributed by atoms with Gasteiger partial charge in [-0.1, -0.05) is 11.6 Å². The fraction of sp³-hybridized carbons (Fsp3) is 0.462. The van der Waals surface area contributed by atoms with E-state index in [1.165, 1.54) is 0 Å². The van der Waals surface area contributed by atoms with Crippen molar-refractivity contribution in [3.8, 4) is 0 Å². The maximum atomic E-state index is 11.0. The Morgan fingerprint density at radius 3 is 2.94 bits per heavy atom. The number of hydrogen-bond acceptors (Lipinski definition) is 3. The van der Waals surface area contributed by atoms with Crippen molar-refractivity contribution >= 4 is 23.2 Å². The molecule has 98 valence electrons. The minimum Gasteiger partial charge on any atom is -0.381 e. The molecule has 2 rings (SSSR count). The monoisotopic (exact) mass is 267 g/mol. The third kappa shape index (κ3) is 3.15. The van der Waals surface area contributed by atoms with Crippen molar-refractivity contribution in [2.45, 2.75) is 31.8 Å². The van der Waals surface area contributed by atoms with Crippen molar-refractivity contribution in [2.24, 2.45) is 5.73 Å². The summed E-state index contributed by atoms with van der Waals surface area (Å²) in [7, 11) is 0. The van der Waals surface area contributed by atoms with Gasteiger partial charge in [-0.25, -0.2) is 0 Å². The highest BCUT2D eigenvalue weighted by Crippen LogP contribution is 2.25. The van der Waals surface area contributed by atoms with Crippen molar-refractivity contribution < 1.29 is 4.79 Å². The van der Waals surface area contributed by atoms with Gasteiger partial charge in [0.2, 0.25) is 5.91 Å². The molecule has 1 amide bonds.